The molecule has 4 aromatic heterocycles. The van der Waals surface area contributed by atoms with Gasteiger partial charge in [-0.3, -0.25) is 8.80 Å². The van der Waals surface area contributed by atoms with Crippen LogP contribution in [0.5, 0.6) is 0 Å². The van der Waals surface area contributed by atoms with Crippen LogP contribution in [-0.4, -0.2) is 18.8 Å². The topological polar surface area (TPSA) is 68.7 Å². The molecule has 4 aliphatic carbocycles. The first-order chi connectivity index (χ1) is 61.3. The maximum absolute atomic E-state index is 16.0. The van der Waals surface area contributed by atoms with Crippen molar-refractivity contribution in [3.63, 3.8) is 0 Å². The lowest BCUT2D eigenvalue weighted by atomic mass is 9.70. The molecule has 19 aromatic carbocycles. The average molecular weight is 1620 g/mol. The van der Waals surface area contributed by atoms with Crippen molar-refractivity contribution in [2.45, 2.75) is 10.8 Å². The molecule has 0 radical (unpaired) electrons. The van der Waals surface area contributed by atoms with E-state index >= 15 is 9.13 Å². The summed E-state index contributed by atoms with van der Waals surface area (Å²) >= 11 is 0. The molecule has 4 aliphatic rings. The van der Waals surface area contributed by atoms with Gasteiger partial charge in [-0.05, 0) is 193 Å². The number of imidazole rings is 2. The number of aromatic nitrogens is 4. The van der Waals surface area contributed by atoms with E-state index in [4.69, 9.17) is 9.97 Å². The molecular weight excluding hydrogens is 1540 g/mol. The van der Waals surface area contributed by atoms with Crippen molar-refractivity contribution in [3.8, 4) is 66.8 Å². The van der Waals surface area contributed by atoms with Gasteiger partial charge in [0.05, 0.1) is 43.9 Å². The number of fused-ring (bicyclic) bond motifs is 38. The van der Waals surface area contributed by atoms with E-state index in [2.05, 4.69) is 324 Å². The molecule has 8 heteroatoms. The molecule has 0 bridgehead atoms. The van der Waals surface area contributed by atoms with Gasteiger partial charge >= 0.3 is 0 Å². The minimum atomic E-state index is -3.28. The van der Waals surface area contributed by atoms with Crippen LogP contribution in [0.3, 0.4) is 0 Å². The third-order valence-electron chi connectivity index (χ3n) is 27.5. The van der Waals surface area contributed by atoms with E-state index in [1.165, 1.54) is 127 Å². The Bertz CT molecular complexity index is 8470. The molecule has 0 saturated carbocycles. The van der Waals surface area contributed by atoms with E-state index in [-0.39, 0.29) is 0 Å². The summed E-state index contributed by atoms with van der Waals surface area (Å²) in [5.41, 5.74) is 31.2. The Labute approximate surface area is 715 Å². The molecule has 27 rings (SSSR count). The molecule has 0 amide bonds. The standard InChI is InChI=1S/C60H37N2OP.C56H35N2OP/c63-64(41-16-3-1-4-17-41,42-18-5-2-6-19-42)43-30-34-48-47-31-28-39(35-53(47)60(54(48)37-43)51-23-11-9-21-45(51)46-22-10-12-24-52(46)60)40-29-32-49-50-33-27-38-15-7-8-20-44(38)58(50)59-61-55-25-13-14-26-56(55)62(59)57(49)36-40;59-60(38-15-3-1-4-16-38,39-17-5-2-6-18-39)40-29-31-45-44-30-27-36(33-50(44)56(51(45)35-40)48-24-12-9-20-42(48)43-21-10-13-25-49(43)56)37-28-32-52-54(34-37)58-53-26-14-11-22-46(53)41-19-7-8-23-47(41)55(58)57-52/h1-37H;1-35H. The second-order valence-electron chi connectivity index (χ2n) is 33.5. The van der Waals surface area contributed by atoms with Gasteiger partial charge in [0, 0.05) is 53.4 Å². The zero-order valence-corrected chi connectivity index (χ0v) is 68.9. The lowest BCUT2D eigenvalue weighted by Crippen LogP contribution is -2.29. The number of para-hydroxylation sites is 3. The highest BCUT2D eigenvalue weighted by molar-refractivity contribution is 7.85. The molecule has 4 heterocycles. The predicted octanol–water partition coefficient (Wildman–Crippen LogP) is 26.0. The minimum Gasteiger partial charge on any atom is -0.309 e. The van der Waals surface area contributed by atoms with Crippen molar-refractivity contribution in [1.82, 2.24) is 18.8 Å². The molecule has 0 N–H and O–H groups in total. The Morgan fingerprint density at radius 2 is 0.540 bits per heavy atom. The van der Waals surface area contributed by atoms with Gasteiger partial charge < -0.3 is 9.13 Å². The highest BCUT2D eigenvalue weighted by atomic mass is 31.2. The molecule has 6 nitrogen and oxygen atoms in total. The molecule has 578 valence electrons. The quantitative estimate of drug-likeness (QED) is 0.112. The third-order valence-corrected chi connectivity index (χ3v) is 33.6. The van der Waals surface area contributed by atoms with Crippen molar-refractivity contribution in [3.05, 3.63) is 481 Å². The molecule has 0 fully saturated rings. The first-order valence-electron chi connectivity index (χ1n) is 42.5. The minimum absolute atomic E-state index is 0.620. The lowest BCUT2D eigenvalue weighted by Gasteiger charge is -2.31. The van der Waals surface area contributed by atoms with Crippen LogP contribution >= 0.6 is 14.3 Å². The van der Waals surface area contributed by atoms with Gasteiger partial charge in [0.2, 0.25) is 0 Å². The Morgan fingerprint density at radius 1 is 0.202 bits per heavy atom. The summed E-state index contributed by atoms with van der Waals surface area (Å²) in [7, 11) is -6.55. The first-order valence-corrected chi connectivity index (χ1v) is 46.0. The van der Waals surface area contributed by atoms with Crippen molar-refractivity contribution in [1.29, 1.82) is 0 Å². The van der Waals surface area contributed by atoms with Crippen LogP contribution in [0.1, 0.15) is 44.5 Å². The smallest absolute Gasteiger partial charge is 0.171 e. The monoisotopic (exact) mass is 1610 g/mol. The summed E-state index contributed by atoms with van der Waals surface area (Å²) in [5.74, 6) is 0. The molecule has 0 saturated heterocycles. The van der Waals surface area contributed by atoms with E-state index in [1.807, 2.05) is 121 Å². The SMILES string of the molecule is O=P(c1ccccc1)(c1ccccc1)c1ccc2c(c1)C1(c3ccccc3-c3ccccc31)c1cc(-c3ccc4c5ccc6ccccc6c5c5nc6ccccc6n5c4c3)ccc1-2.O=P(c1ccccc1)(c1ccccc1)c1ccc2c(c1)C1(c3ccccc3-c3ccccc31)c1cc(-c3ccc4nc5c6ccccc6c6ccccc6n5c4c3)ccc1-2. The zero-order valence-electron chi connectivity index (χ0n) is 67.1. The van der Waals surface area contributed by atoms with Gasteiger partial charge in [-0.15, -0.1) is 0 Å². The van der Waals surface area contributed by atoms with E-state index in [9.17, 15) is 0 Å². The number of hydrogen-bond donors (Lipinski definition) is 0. The van der Waals surface area contributed by atoms with Gasteiger partial charge in [-0.2, -0.15) is 0 Å². The highest BCUT2D eigenvalue weighted by Crippen LogP contribution is 2.66. The van der Waals surface area contributed by atoms with Crippen LogP contribution in [0.15, 0.2) is 437 Å². The van der Waals surface area contributed by atoms with Crippen LogP contribution in [0.4, 0.5) is 0 Å². The molecule has 124 heavy (non-hydrogen) atoms. The van der Waals surface area contributed by atoms with E-state index < -0.39 is 25.1 Å². The van der Waals surface area contributed by atoms with E-state index in [1.54, 1.807) is 0 Å². The Kier molecular flexibility index (Phi) is 15.2. The van der Waals surface area contributed by atoms with E-state index in [0.717, 1.165) is 104 Å². The Hall–Kier alpha value is -15.2. The normalized spacial score (nSPS) is 13.5. The fourth-order valence-corrected chi connectivity index (χ4v) is 27.6. The largest absolute Gasteiger partial charge is 0.309 e. The average Bonchev–Trinajstić information content (AvgIpc) is 1.51. The molecule has 0 aliphatic heterocycles. The van der Waals surface area contributed by atoms with Crippen molar-refractivity contribution in [2.75, 3.05) is 0 Å². The maximum Gasteiger partial charge on any atom is 0.171 e. The lowest BCUT2D eigenvalue weighted by molar-refractivity contribution is 0.591. The summed E-state index contributed by atoms with van der Waals surface area (Å²) in [6, 6.07) is 156. The van der Waals surface area contributed by atoms with Crippen LogP contribution < -0.4 is 31.8 Å². The zero-order chi connectivity index (χ0) is 81.7. The molecule has 0 unspecified atom stereocenters. The molecule has 0 atom stereocenters. The second-order valence-corrected chi connectivity index (χ2v) is 39.0. The summed E-state index contributed by atoms with van der Waals surface area (Å²) in [4.78, 5) is 10.5. The van der Waals surface area contributed by atoms with Crippen LogP contribution in [0, 0.1) is 0 Å². The predicted molar refractivity (Wildman–Crippen MR) is 515 cm³/mol. The number of benzene rings is 19. The van der Waals surface area contributed by atoms with Crippen LogP contribution in [-0.2, 0) is 20.0 Å². The van der Waals surface area contributed by atoms with Gasteiger partial charge in [-0.1, -0.05) is 376 Å². The molecule has 23 aromatic rings. The molecule has 2 spiro atoms. The van der Waals surface area contributed by atoms with E-state index in [0.29, 0.717) is 0 Å². The fourth-order valence-electron chi connectivity index (χ4n) is 22.2. The van der Waals surface area contributed by atoms with Gasteiger partial charge in [0.15, 0.2) is 14.3 Å². The summed E-state index contributed by atoms with van der Waals surface area (Å²) in [6.07, 6.45) is 0. The third kappa shape index (κ3) is 9.67. The Morgan fingerprint density at radius 3 is 1.06 bits per heavy atom. The van der Waals surface area contributed by atoms with Crippen molar-refractivity contribution in [2.24, 2.45) is 0 Å². The Balaban J connectivity index is 0.000000133. The first kappa shape index (κ1) is 70.7. The second kappa shape index (κ2) is 26.7. The highest BCUT2D eigenvalue weighted by Gasteiger charge is 2.54. The summed E-state index contributed by atoms with van der Waals surface area (Å²) < 4.78 is 36.7. The summed E-state index contributed by atoms with van der Waals surface area (Å²) in [6.45, 7) is 0. The fraction of sp³-hybridized carbons (Fsp3) is 0.0172. The van der Waals surface area contributed by atoms with Gasteiger partial charge in [0.25, 0.3) is 0 Å². The maximum atomic E-state index is 16.0. The number of nitrogens with zero attached hydrogens (tertiary/aromatic N) is 4. The van der Waals surface area contributed by atoms with Crippen molar-refractivity contribution < 1.29 is 9.13 Å². The molecular formula is C116H72N4O2P2. The number of rotatable bonds is 8. The number of pyridine rings is 2. The van der Waals surface area contributed by atoms with Gasteiger partial charge in [-0.25, -0.2) is 9.97 Å². The number of hydrogen-bond acceptors (Lipinski definition) is 4. The van der Waals surface area contributed by atoms with Crippen LogP contribution in [0.2, 0.25) is 0 Å². The van der Waals surface area contributed by atoms with Crippen LogP contribution in [0.25, 0.3) is 154 Å². The van der Waals surface area contributed by atoms with Crippen molar-refractivity contribution >= 4 is 134 Å². The van der Waals surface area contributed by atoms with Gasteiger partial charge in [0.1, 0.15) is 11.3 Å². The summed E-state index contributed by atoms with van der Waals surface area (Å²) in [5, 5.41) is 14.6.